The van der Waals surface area contributed by atoms with E-state index >= 15 is 0 Å². The van der Waals surface area contributed by atoms with Crippen LogP contribution in [0.25, 0.3) is 22.3 Å². The molecule has 0 aliphatic heterocycles. The largest absolute Gasteiger partial charge is 0.467 e. The monoisotopic (exact) mass is 369 g/mol. The van der Waals surface area contributed by atoms with Crippen molar-refractivity contribution in [2.45, 2.75) is 13.5 Å². The Labute approximate surface area is 146 Å². The summed E-state index contributed by atoms with van der Waals surface area (Å²) in [5.41, 5.74) is 2.20. The van der Waals surface area contributed by atoms with Crippen molar-refractivity contribution in [1.82, 2.24) is 15.2 Å². The Morgan fingerprint density at radius 2 is 2.00 bits per heavy atom. The van der Waals surface area contributed by atoms with Gasteiger partial charge >= 0.3 is 6.61 Å². The maximum absolute atomic E-state index is 12.5. The highest BCUT2D eigenvalue weighted by atomic mass is 35.5. The number of nitrogens with one attached hydrogen (secondary N) is 1. The molecule has 0 spiro atoms. The zero-order valence-electron chi connectivity index (χ0n) is 13.3. The summed E-state index contributed by atoms with van der Waals surface area (Å²) in [6, 6.07) is 4.98. The average Bonchev–Trinajstić information content (AvgIpc) is 2.94. The molecule has 9 heteroatoms. The highest BCUT2D eigenvalue weighted by molar-refractivity contribution is 6.31. The number of alkyl halides is 2. The summed E-state index contributed by atoms with van der Waals surface area (Å²) >= 11 is 6.08. The van der Waals surface area contributed by atoms with Gasteiger partial charge in [-0.05, 0) is 30.7 Å². The Morgan fingerprint density at radius 3 is 2.72 bits per heavy atom. The summed E-state index contributed by atoms with van der Waals surface area (Å²) < 4.78 is 40.1. The Kier molecular flexibility index (Phi) is 5.00. The molecule has 0 unspecified atom stereocenters. The number of rotatable bonds is 6. The predicted molar refractivity (Wildman–Crippen MR) is 88.2 cm³/mol. The number of halogens is 3. The van der Waals surface area contributed by atoms with Crippen LogP contribution in [0.15, 0.2) is 24.4 Å². The summed E-state index contributed by atoms with van der Waals surface area (Å²) in [6.07, 6.45) is 1.31. The first kappa shape index (κ1) is 17.4. The summed E-state index contributed by atoms with van der Waals surface area (Å²) in [5.74, 6) is 0.444. The van der Waals surface area contributed by atoms with Crippen molar-refractivity contribution in [1.29, 1.82) is 0 Å². The fourth-order valence-electron chi connectivity index (χ4n) is 2.49. The minimum absolute atomic E-state index is 0.00729. The van der Waals surface area contributed by atoms with Gasteiger partial charge in [0.2, 0.25) is 0 Å². The lowest BCUT2D eigenvalue weighted by Gasteiger charge is -2.13. The smallest absolute Gasteiger partial charge is 0.387 e. The fraction of sp³-hybridized carbons (Fsp3) is 0.250. The zero-order chi connectivity index (χ0) is 18.0. The third-order valence-corrected chi connectivity index (χ3v) is 3.69. The van der Waals surface area contributed by atoms with Crippen LogP contribution < -0.4 is 9.47 Å². The molecule has 6 nitrogen and oxygen atoms in total. The van der Waals surface area contributed by atoms with E-state index < -0.39 is 6.61 Å². The molecule has 3 rings (SSSR count). The van der Waals surface area contributed by atoms with E-state index in [2.05, 4.69) is 19.9 Å². The van der Waals surface area contributed by atoms with Gasteiger partial charge in [-0.15, -0.1) is 10.2 Å². The van der Waals surface area contributed by atoms with Gasteiger partial charge in [-0.1, -0.05) is 11.6 Å². The molecule has 2 heterocycles. The lowest BCUT2D eigenvalue weighted by molar-refractivity contribution is -0.0488. The molecule has 3 aromatic rings. The molecule has 0 saturated carbocycles. The molecule has 0 saturated heterocycles. The molecule has 2 aromatic heterocycles. The number of ether oxygens (including phenoxy) is 3. The van der Waals surface area contributed by atoms with E-state index in [1.165, 1.54) is 13.3 Å². The first-order valence-corrected chi connectivity index (χ1v) is 7.59. The average molecular weight is 370 g/mol. The lowest BCUT2D eigenvalue weighted by Crippen LogP contribution is -2.03. The van der Waals surface area contributed by atoms with Crippen molar-refractivity contribution in [2.75, 3.05) is 13.9 Å². The molecular weight excluding hydrogens is 356 g/mol. The highest BCUT2D eigenvalue weighted by Crippen LogP contribution is 2.37. The van der Waals surface area contributed by atoms with Gasteiger partial charge in [0.1, 0.15) is 5.75 Å². The molecule has 25 heavy (non-hydrogen) atoms. The number of hydrogen-bond donors (Lipinski definition) is 1. The highest BCUT2D eigenvalue weighted by Gasteiger charge is 2.17. The zero-order valence-corrected chi connectivity index (χ0v) is 14.1. The van der Waals surface area contributed by atoms with Crippen molar-refractivity contribution in [3.8, 4) is 22.8 Å². The standard InChI is InChI=1S/C16H14ClF2N3O3/c1-8-3-9(17)4-12(24-7-23-2)14(8)11-5-10-13(25-16(18)19)6-20-15(10)22-21-11/h3-6,16H,7H2,1-2H3,(H,20,22). The van der Waals surface area contributed by atoms with Gasteiger partial charge in [0.05, 0.1) is 11.1 Å². The van der Waals surface area contributed by atoms with Crippen molar-refractivity contribution in [3.05, 3.63) is 35.0 Å². The molecule has 1 aromatic carbocycles. The quantitative estimate of drug-likeness (QED) is 0.660. The van der Waals surface area contributed by atoms with E-state index in [1.54, 1.807) is 18.2 Å². The number of aromatic nitrogens is 3. The molecule has 0 fully saturated rings. The van der Waals surface area contributed by atoms with Gasteiger partial charge < -0.3 is 19.2 Å². The number of aryl methyl sites for hydroxylation is 1. The van der Waals surface area contributed by atoms with E-state index in [0.717, 1.165) is 5.56 Å². The first-order valence-electron chi connectivity index (χ1n) is 7.21. The van der Waals surface area contributed by atoms with Crippen LogP contribution in [0, 0.1) is 6.92 Å². The molecular formula is C16H14ClF2N3O3. The number of benzene rings is 1. The van der Waals surface area contributed by atoms with Gasteiger partial charge in [0, 0.05) is 23.9 Å². The number of nitrogens with zero attached hydrogens (tertiary/aromatic N) is 2. The van der Waals surface area contributed by atoms with Crippen molar-refractivity contribution in [3.63, 3.8) is 0 Å². The minimum atomic E-state index is -2.94. The van der Waals surface area contributed by atoms with Gasteiger partial charge in [-0.2, -0.15) is 8.78 Å². The van der Waals surface area contributed by atoms with Crippen LogP contribution in [0.5, 0.6) is 11.5 Å². The van der Waals surface area contributed by atoms with Gasteiger partial charge in [0.25, 0.3) is 0 Å². The van der Waals surface area contributed by atoms with Crippen LogP contribution in [0.2, 0.25) is 5.02 Å². The third kappa shape index (κ3) is 3.64. The maximum atomic E-state index is 12.5. The van der Waals surface area contributed by atoms with Crippen molar-refractivity contribution < 1.29 is 23.0 Å². The Hall–Kier alpha value is -2.45. The fourth-order valence-corrected chi connectivity index (χ4v) is 2.75. The van der Waals surface area contributed by atoms with Crippen LogP contribution in [-0.4, -0.2) is 35.7 Å². The second-order valence-corrected chi connectivity index (χ2v) is 5.61. The molecule has 0 amide bonds. The number of fused-ring (bicyclic) bond motifs is 1. The number of H-pyrrole nitrogens is 1. The van der Waals surface area contributed by atoms with Crippen LogP contribution in [0.1, 0.15) is 5.56 Å². The van der Waals surface area contributed by atoms with Gasteiger partial charge in [-0.3, -0.25) is 0 Å². The van der Waals surface area contributed by atoms with Gasteiger partial charge in [0.15, 0.2) is 18.2 Å². The van der Waals surface area contributed by atoms with Crippen LogP contribution in [0.4, 0.5) is 8.78 Å². The third-order valence-electron chi connectivity index (χ3n) is 3.47. The second-order valence-electron chi connectivity index (χ2n) is 5.17. The Balaban J connectivity index is 2.12. The van der Waals surface area contributed by atoms with Crippen LogP contribution >= 0.6 is 11.6 Å². The van der Waals surface area contributed by atoms with Crippen LogP contribution in [0.3, 0.4) is 0 Å². The SMILES string of the molecule is COCOc1cc(Cl)cc(C)c1-c1cc2c(OC(F)F)c[nH]c2nn1. The Morgan fingerprint density at radius 1 is 1.20 bits per heavy atom. The number of methoxy groups -OCH3 is 1. The normalized spacial score (nSPS) is 11.3. The van der Waals surface area contributed by atoms with E-state index in [4.69, 9.17) is 21.1 Å². The molecule has 132 valence electrons. The lowest BCUT2D eigenvalue weighted by atomic mass is 10.0. The molecule has 0 bridgehead atoms. The van der Waals surface area contributed by atoms with E-state index in [0.29, 0.717) is 33.1 Å². The molecule has 0 aliphatic carbocycles. The molecule has 0 atom stereocenters. The van der Waals surface area contributed by atoms with E-state index in [-0.39, 0.29) is 12.5 Å². The summed E-state index contributed by atoms with van der Waals surface area (Å²) in [5, 5.41) is 9.04. The number of hydrogen-bond acceptors (Lipinski definition) is 5. The predicted octanol–water partition coefficient (Wildman–Crippen LogP) is 4.17. The number of aromatic amines is 1. The van der Waals surface area contributed by atoms with Crippen molar-refractivity contribution >= 4 is 22.6 Å². The molecule has 0 aliphatic rings. The summed E-state index contributed by atoms with van der Waals surface area (Å²) in [4.78, 5) is 2.74. The minimum Gasteiger partial charge on any atom is -0.467 e. The van der Waals surface area contributed by atoms with Crippen molar-refractivity contribution in [2.24, 2.45) is 0 Å². The summed E-state index contributed by atoms with van der Waals surface area (Å²) in [7, 11) is 1.50. The maximum Gasteiger partial charge on any atom is 0.387 e. The van der Waals surface area contributed by atoms with Gasteiger partial charge in [-0.25, -0.2) is 0 Å². The van der Waals surface area contributed by atoms with Crippen LogP contribution in [-0.2, 0) is 4.74 Å². The molecule has 1 N–H and O–H groups in total. The first-order chi connectivity index (χ1) is 12.0. The summed E-state index contributed by atoms with van der Waals surface area (Å²) in [6.45, 7) is -1.08. The van der Waals surface area contributed by atoms with E-state index in [1.807, 2.05) is 6.92 Å². The van der Waals surface area contributed by atoms with E-state index in [9.17, 15) is 8.78 Å². The Bertz CT molecular complexity index is 902. The topological polar surface area (TPSA) is 69.3 Å². The second kappa shape index (κ2) is 7.20. The molecule has 0 radical (unpaired) electrons.